The summed E-state index contributed by atoms with van der Waals surface area (Å²) in [5, 5.41) is 0.698. The largest absolute Gasteiger partial charge is 0.463 e. The summed E-state index contributed by atoms with van der Waals surface area (Å²) < 4.78 is 16.1. The molecule has 0 spiro atoms. The van der Waals surface area contributed by atoms with E-state index in [1.165, 1.54) is 13.2 Å². The highest BCUT2D eigenvalue weighted by molar-refractivity contribution is 6.06. The van der Waals surface area contributed by atoms with E-state index in [1.807, 2.05) is 25.1 Å². The van der Waals surface area contributed by atoms with Gasteiger partial charge in [0.2, 0.25) is 5.79 Å². The second-order valence-electron chi connectivity index (χ2n) is 5.55. The van der Waals surface area contributed by atoms with E-state index in [9.17, 15) is 9.59 Å². The molecule has 2 amide bonds. The van der Waals surface area contributed by atoms with Crippen LogP contribution in [0, 0.1) is 0 Å². The van der Waals surface area contributed by atoms with Crippen LogP contribution in [0.4, 0.5) is 0 Å². The average Bonchev–Trinajstić information content (AvgIpc) is 3.02. The van der Waals surface area contributed by atoms with E-state index in [1.54, 1.807) is 13.8 Å². The topological polar surface area (TPSA) is 89.8 Å². The van der Waals surface area contributed by atoms with E-state index >= 15 is 0 Å². The Labute approximate surface area is 146 Å². The van der Waals surface area contributed by atoms with Gasteiger partial charge in [0.25, 0.3) is 11.8 Å². The van der Waals surface area contributed by atoms with Crippen molar-refractivity contribution in [3.05, 3.63) is 35.6 Å². The smallest absolute Gasteiger partial charge is 0.298 e. The Hall–Kier alpha value is -2.38. The van der Waals surface area contributed by atoms with Crippen LogP contribution in [0.25, 0.3) is 11.0 Å². The van der Waals surface area contributed by atoms with E-state index in [2.05, 4.69) is 10.9 Å². The molecular weight excluding hydrogens is 324 g/mol. The van der Waals surface area contributed by atoms with Gasteiger partial charge in [-0.2, -0.15) is 0 Å². The maximum atomic E-state index is 12.4. The zero-order valence-corrected chi connectivity index (χ0v) is 15.0. The molecule has 0 atom stereocenters. The number of carbonyl (C=O) groups excluding carboxylic acids is 2. The second kappa shape index (κ2) is 8.13. The van der Waals surface area contributed by atoms with Crippen LogP contribution >= 0.6 is 0 Å². The lowest BCUT2D eigenvalue weighted by atomic mass is 10.1. The van der Waals surface area contributed by atoms with Crippen molar-refractivity contribution in [3.63, 3.8) is 0 Å². The van der Waals surface area contributed by atoms with Crippen molar-refractivity contribution in [2.75, 3.05) is 13.2 Å². The minimum absolute atomic E-state index is 0.296. The van der Waals surface area contributed by atoms with Gasteiger partial charge in [0.1, 0.15) is 11.8 Å². The minimum atomic E-state index is -1.47. The molecule has 136 valence electrons. The van der Waals surface area contributed by atoms with Gasteiger partial charge in [-0.05, 0) is 44.9 Å². The van der Waals surface area contributed by atoms with E-state index in [4.69, 9.17) is 13.9 Å². The van der Waals surface area contributed by atoms with Crippen LogP contribution in [0.2, 0.25) is 0 Å². The van der Waals surface area contributed by atoms with Crippen LogP contribution in [0.15, 0.2) is 28.9 Å². The lowest BCUT2D eigenvalue weighted by Crippen LogP contribution is -2.54. The van der Waals surface area contributed by atoms with Crippen molar-refractivity contribution in [3.8, 4) is 0 Å². The van der Waals surface area contributed by atoms with Gasteiger partial charge in [-0.3, -0.25) is 20.4 Å². The number of benzene rings is 1. The van der Waals surface area contributed by atoms with E-state index in [-0.39, 0.29) is 0 Å². The molecule has 7 nitrogen and oxygen atoms in total. The normalized spacial score (nSPS) is 11.5. The first-order valence-electron chi connectivity index (χ1n) is 8.34. The van der Waals surface area contributed by atoms with Crippen LogP contribution < -0.4 is 10.9 Å². The molecule has 0 aliphatic carbocycles. The van der Waals surface area contributed by atoms with Crippen LogP contribution in [0.1, 0.15) is 43.6 Å². The van der Waals surface area contributed by atoms with Crippen molar-refractivity contribution in [2.45, 2.75) is 39.9 Å². The molecule has 1 heterocycles. The van der Waals surface area contributed by atoms with Crippen LogP contribution in [-0.4, -0.2) is 30.8 Å². The fourth-order valence-corrected chi connectivity index (χ4v) is 2.49. The third kappa shape index (κ3) is 4.18. The predicted molar refractivity (Wildman–Crippen MR) is 92.9 cm³/mol. The number of hydrazine groups is 1. The Balaban J connectivity index is 2.11. The zero-order valence-electron chi connectivity index (χ0n) is 15.0. The fourth-order valence-electron chi connectivity index (χ4n) is 2.49. The van der Waals surface area contributed by atoms with Gasteiger partial charge in [0.15, 0.2) is 0 Å². The molecule has 25 heavy (non-hydrogen) atoms. The highest BCUT2D eigenvalue weighted by Gasteiger charge is 2.35. The Morgan fingerprint density at radius 1 is 1.12 bits per heavy atom. The third-order valence-corrected chi connectivity index (χ3v) is 3.83. The summed E-state index contributed by atoms with van der Waals surface area (Å²) in [6.07, 6.45) is 2.22. The molecule has 2 aromatic rings. The Bertz CT molecular complexity index is 747. The Morgan fingerprint density at radius 2 is 1.80 bits per heavy atom. The second-order valence-corrected chi connectivity index (χ2v) is 5.55. The van der Waals surface area contributed by atoms with Crippen molar-refractivity contribution < 1.29 is 23.5 Å². The van der Waals surface area contributed by atoms with Gasteiger partial charge in [-0.15, -0.1) is 0 Å². The van der Waals surface area contributed by atoms with Crippen molar-refractivity contribution in [1.29, 1.82) is 0 Å². The molecule has 0 aliphatic rings. The number of hydrogen-bond donors (Lipinski definition) is 2. The van der Waals surface area contributed by atoms with Crippen LogP contribution in [-0.2, 0) is 20.7 Å². The summed E-state index contributed by atoms with van der Waals surface area (Å²) in [7, 11) is 0. The molecule has 0 aliphatic heterocycles. The lowest BCUT2D eigenvalue weighted by molar-refractivity contribution is -0.219. The molecule has 0 saturated heterocycles. The van der Waals surface area contributed by atoms with Crippen molar-refractivity contribution in [2.24, 2.45) is 0 Å². The van der Waals surface area contributed by atoms with Crippen LogP contribution in [0.3, 0.4) is 0 Å². The van der Waals surface area contributed by atoms with Gasteiger partial charge < -0.3 is 13.9 Å². The highest BCUT2D eigenvalue weighted by atomic mass is 16.7. The Kier molecular flexibility index (Phi) is 6.17. The molecular formula is C18H24N2O5. The molecule has 7 heteroatoms. The number of nitrogens with one attached hydrogen (secondary N) is 2. The first-order valence-corrected chi connectivity index (χ1v) is 8.34. The molecule has 0 radical (unpaired) electrons. The number of carbonyl (C=O) groups is 2. The van der Waals surface area contributed by atoms with Gasteiger partial charge >= 0.3 is 0 Å². The zero-order chi connectivity index (χ0) is 18.4. The standard InChI is InChI=1S/C18H24N2O5/c1-5-12-8-9-15-13(10-12)14(11-23-15)16(21)19-20-17(22)18(4,24-6-2)25-7-3/h8-11H,5-7H2,1-4H3,(H,19,21)(H,20,22). The predicted octanol–water partition coefficient (Wildman–Crippen LogP) is 2.55. The number of rotatable bonds is 7. The Morgan fingerprint density at radius 3 is 2.40 bits per heavy atom. The number of fused-ring (bicyclic) bond motifs is 1. The summed E-state index contributed by atoms with van der Waals surface area (Å²) in [6.45, 7) is 7.64. The number of hydrogen-bond acceptors (Lipinski definition) is 5. The van der Waals surface area contributed by atoms with Gasteiger partial charge in [-0.25, -0.2) is 0 Å². The van der Waals surface area contributed by atoms with Gasteiger partial charge in [-0.1, -0.05) is 13.0 Å². The molecule has 0 bridgehead atoms. The van der Waals surface area contributed by atoms with Crippen LogP contribution in [0.5, 0.6) is 0 Å². The first-order chi connectivity index (χ1) is 11.9. The fraction of sp³-hybridized carbons (Fsp3) is 0.444. The number of amides is 2. The lowest BCUT2D eigenvalue weighted by Gasteiger charge is -2.27. The van der Waals surface area contributed by atoms with Gasteiger partial charge in [0, 0.05) is 18.6 Å². The third-order valence-electron chi connectivity index (χ3n) is 3.83. The summed E-state index contributed by atoms with van der Waals surface area (Å²) in [6, 6.07) is 5.68. The summed E-state index contributed by atoms with van der Waals surface area (Å²) in [5.41, 5.74) is 6.77. The maximum absolute atomic E-state index is 12.4. The van der Waals surface area contributed by atoms with E-state index < -0.39 is 17.6 Å². The monoisotopic (exact) mass is 348 g/mol. The van der Waals surface area contributed by atoms with E-state index in [0.29, 0.717) is 29.7 Å². The van der Waals surface area contributed by atoms with Crippen molar-refractivity contribution in [1.82, 2.24) is 10.9 Å². The molecule has 2 N–H and O–H groups in total. The van der Waals surface area contributed by atoms with Crippen molar-refractivity contribution >= 4 is 22.8 Å². The maximum Gasteiger partial charge on any atom is 0.298 e. The molecule has 0 fully saturated rings. The molecule has 2 rings (SSSR count). The average molecular weight is 348 g/mol. The molecule has 0 saturated carbocycles. The number of aryl methyl sites for hydroxylation is 1. The number of furan rings is 1. The number of ether oxygens (including phenoxy) is 2. The highest BCUT2D eigenvalue weighted by Crippen LogP contribution is 2.22. The molecule has 1 aromatic carbocycles. The summed E-state index contributed by atoms with van der Waals surface area (Å²) in [4.78, 5) is 24.7. The first kappa shape index (κ1) is 19.0. The van der Waals surface area contributed by atoms with E-state index in [0.717, 1.165) is 12.0 Å². The summed E-state index contributed by atoms with van der Waals surface area (Å²) in [5.74, 6) is -2.53. The minimum Gasteiger partial charge on any atom is -0.463 e. The SMILES string of the molecule is CCOC(C)(OCC)C(=O)NNC(=O)c1coc2ccc(CC)cc12. The molecule has 1 aromatic heterocycles. The quantitative estimate of drug-likeness (QED) is 0.593. The summed E-state index contributed by atoms with van der Waals surface area (Å²) >= 11 is 0. The molecule has 0 unspecified atom stereocenters. The van der Waals surface area contributed by atoms with Gasteiger partial charge in [0.05, 0.1) is 5.56 Å².